The monoisotopic (exact) mass is 448 g/mol. The van der Waals surface area contributed by atoms with Gasteiger partial charge in [-0.05, 0) is 68.1 Å². The van der Waals surface area contributed by atoms with Gasteiger partial charge in [0.05, 0.1) is 11.4 Å². The fourth-order valence-electron chi connectivity index (χ4n) is 3.95. The van der Waals surface area contributed by atoms with E-state index in [1.807, 2.05) is 45.0 Å². The number of aryl methyl sites for hydroxylation is 3. The highest BCUT2D eigenvalue weighted by Crippen LogP contribution is 2.25. The van der Waals surface area contributed by atoms with E-state index in [1.165, 1.54) is 10.1 Å². The summed E-state index contributed by atoms with van der Waals surface area (Å²) in [5.41, 5.74) is 5.45. The Morgan fingerprint density at radius 3 is 2.50 bits per heavy atom. The van der Waals surface area contributed by atoms with Crippen LogP contribution in [-0.2, 0) is 17.8 Å². The number of anilines is 1. The smallest absolute Gasteiger partial charge is 0.252 e. The van der Waals surface area contributed by atoms with E-state index >= 15 is 0 Å². The maximum absolute atomic E-state index is 13.0. The number of aromatic nitrogens is 3. The number of carbonyl (C=O) groups excluding carboxylic acids is 1. The molecule has 0 spiro atoms. The van der Waals surface area contributed by atoms with Gasteiger partial charge in [-0.2, -0.15) is 5.10 Å². The number of nitrogens with zero attached hydrogens (tertiary/aromatic N) is 3. The van der Waals surface area contributed by atoms with Crippen LogP contribution >= 0.6 is 11.6 Å². The lowest BCUT2D eigenvalue weighted by atomic mass is 10.1. The summed E-state index contributed by atoms with van der Waals surface area (Å²) in [5, 5.41) is 9.02. The Labute approximate surface area is 191 Å². The third kappa shape index (κ3) is 3.94. The zero-order chi connectivity index (χ0) is 23.0. The van der Waals surface area contributed by atoms with E-state index in [0.29, 0.717) is 16.4 Å². The number of halogens is 1. The molecule has 0 atom stereocenters. The van der Waals surface area contributed by atoms with Gasteiger partial charge in [0, 0.05) is 22.2 Å². The molecule has 0 aliphatic heterocycles. The van der Waals surface area contributed by atoms with Crippen LogP contribution in [-0.4, -0.2) is 20.3 Å². The van der Waals surface area contributed by atoms with Crippen LogP contribution in [0.1, 0.15) is 29.3 Å². The van der Waals surface area contributed by atoms with Crippen molar-refractivity contribution in [3.8, 4) is 5.69 Å². The van der Waals surface area contributed by atoms with Gasteiger partial charge in [-0.1, -0.05) is 36.7 Å². The average molecular weight is 449 g/mol. The minimum atomic E-state index is -0.311. The van der Waals surface area contributed by atoms with Gasteiger partial charge in [-0.25, -0.2) is 4.68 Å². The first kappa shape index (κ1) is 21.8. The first-order valence-corrected chi connectivity index (χ1v) is 10.9. The van der Waals surface area contributed by atoms with Gasteiger partial charge in [0.15, 0.2) is 0 Å². The van der Waals surface area contributed by atoms with Crippen LogP contribution in [0.2, 0.25) is 5.02 Å². The van der Waals surface area contributed by atoms with Gasteiger partial charge in [0.25, 0.3) is 5.56 Å². The summed E-state index contributed by atoms with van der Waals surface area (Å²) < 4.78 is 3.22. The predicted molar refractivity (Wildman–Crippen MR) is 129 cm³/mol. The summed E-state index contributed by atoms with van der Waals surface area (Å²) in [5.74, 6) is -0.311. The van der Waals surface area contributed by atoms with Crippen molar-refractivity contribution < 1.29 is 4.79 Å². The first-order chi connectivity index (χ1) is 15.3. The molecule has 4 rings (SSSR count). The van der Waals surface area contributed by atoms with Crippen molar-refractivity contribution in [2.75, 3.05) is 5.32 Å². The molecule has 0 unspecified atom stereocenters. The Kier molecular flexibility index (Phi) is 5.89. The number of rotatable bonds is 5. The minimum absolute atomic E-state index is 0.139. The second-order valence-corrected chi connectivity index (χ2v) is 8.34. The standard InChI is InChI=1S/C25H25ClN4O2/c1-5-18-9-11-19(12-10-18)30-25-24(17(4)28-30)15(2)13-23(32)29(25)14-22(31)27-21-8-6-7-20(26)16(21)3/h6-13H,5,14H2,1-4H3,(H,27,31). The molecule has 2 aromatic heterocycles. The van der Waals surface area contributed by atoms with E-state index in [1.54, 1.807) is 28.9 Å². The zero-order valence-electron chi connectivity index (χ0n) is 18.6. The van der Waals surface area contributed by atoms with Gasteiger partial charge in [-0.15, -0.1) is 0 Å². The van der Waals surface area contributed by atoms with Crippen molar-refractivity contribution in [1.82, 2.24) is 14.3 Å². The van der Waals surface area contributed by atoms with Crippen LogP contribution in [0.15, 0.2) is 53.3 Å². The summed E-state index contributed by atoms with van der Waals surface area (Å²) in [6, 6.07) is 15.0. The van der Waals surface area contributed by atoms with Gasteiger partial charge in [0.2, 0.25) is 5.91 Å². The number of pyridine rings is 1. The molecular formula is C25H25ClN4O2. The van der Waals surface area contributed by atoms with Crippen LogP contribution in [0.4, 0.5) is 5.69 Å². The number of carbonyl (C=O) groups is 1. The number of amides is 1. The lowest BCUT2D eigenvalue weighted by Gasteiger charge is -2.14. The molecule has 0 radical (unpaired) electrons. The number of nitrogens with one attached hydrogen (secondary N) is 1. The van der Waals surface area contributed by atoms with Crippen molar-refractivity contribution in [3.05, 3.63) is 86.3 Å². The molecule has 1 N–H and O–H groups in total. The molecule has 7 heteroatoms. The van der Waals surface area contributed by atoms with Crippen LogP contribution in [0.3, 0.4) is 0 Å². The van der Waals surface area contributed by atoms with Crippen LogP contribution in [0, 0.1) is 20.8 Å². The van der Waals surface area contributed by atoms with Crippen LogP contribution in [0.25, 0.3) is 16.7 Å². The Morgan fingerprint density at radius 2 is 1.81 bits per heavy atom. The molecule has 0 aliphatic rings. The van der Waals surface area contributed by atoms with Crippen molar-refractivity contribution in [1.29, 1.82) is 0 Å². The second kappa shape index (κ2) is 8.63. The molecule has 2 heterocycles. The minimum Gasteiger partial charge on any atom is -0.324 e. The fraction of sp³-hybridized carbons (Fsp3) is 0.240. The van der Waals surface area contributed by atoms with E-state index in [4.69, 9.17) is 16.7 Å². The second-order valence-electron chi connectivity index (χ2n) is 7.93. The van der Waals surface area contributed by atoms with Gasteiger partial charge in [0.1, 0.15) is 12.2 Å². The highest BCUT2D eigenvalue weighted by atomic mass is 35.5. The van der Waals surface area contributed by atoms with Crippen molar-refractivity contribution in [2.24, 2.45) is 0 Å². The SMILES string of the molecule is CCc1ccc(-n2nc(C)c3c(C)cc(=O)n(CC(=O)Nc4cccc(Cl)c4C)c32)cc1. The number of benzene rings is 2. The van der Waals surface area contributed by atoms with Gasteiger partial charge < -0.3 is 5.32 Å². The number of fused-ring (bicyclic) bond motifs is 1. The average Bonchev–Trinajstić information content (AvgIpc) is 3.12. The van der Waals surface area contributed by atoms with E-state index < -0.39 is 0 Å². The lowest BCUT2D eigenvalue weighted by molar-refractivity contribution is -0.116. The summed E-state index contributed by atoms with van der Waals surface area (Å²) in [6.45, 7) is 7.61. The molecule has 0 fully saturated rings. The molecule has 6 nitrogen and oxygen atoms in total. The van der Waals surface area contributed by atoms with Gasteiger partial charge in [-0.3, -0.25) is 14.2 Å². The molecule has 0 saturated carbocycles. The van der Waals surface area contributed by atoms with Crippen molar-refractivity contribution in [2.45, 2.75) is 40.7 Å². The Balaban J connectivity index is 1.81. The zero-order valence-corrected chi connectivity index (χ0v) is 19.3. The Hall–Kier alpha value is -3.38. The molecule has 4 aromatic rings. The normalized spacial score (nSPS) is 11.2. The first-order valence-electron chi connectivity index (χ1n) is 10.5. The largest absolute Gasteiger partial charge is 0.324 e. The van der Waals surface area contributed by atoms with E-state index in [0.717, 1.165) is 34.3 Å². The third-order valence-corrected chi connectivity index (χ3v) is 6.13. The maximum Gasteiger partial charge on any atom is 0.252 e. The number of hydrogen-bond acceptors (Lipinski definition) is 3. The van der Waals surface area contributed by atoms with E-state index in [2.05, 4.69) is 12.2 Å². The van der Waals surface area contributed by atoms with Gasteiger partial charge >= 0.3 is 0 Å². The molecule has 1 amide bonds. The summed E-state index contributed by atoms with van der Waals surface area (Å²) in [4.78, 5) is 25.9. The molecule has 0 aliphatic carbocycles. The maximum atomic E-state index is 13.0. The van der Waals surface area contributed by atoms with E-state index in [9.17, 15) is 9.59 Å². The number of hydrogen-bond donors (Lipinski definition) is 1. The van der Waals surface area contributed by atoms with Crippen LogP contribution in [0.5, 0.6) is 0 Å². The van der Waals surface area contributed by atoms with E-state index in [-0.39, 0.29) is 18.0 Å². The summed E-state index contributed by atoms with van der Waals surface area (Å²) in [6.07, 6.45) is 0.937. The molecule has 0 bridgehead atoms. The topological polar surface area (TPSA) is 68.9 Å². The lowest BCUT2D eigenvalue weighted by Crippen LogP contribution is -2.29. The third-order valence-electron chi connectivity index (χ3n) is 5.72. The molecule has 0 saturated heterocycles. The molecule has 2 aromatic carbocycles. The summed E-state index contributed by atoms with van der Waals surface area (Å²) >= 11 is 6.17. The quantitative estimate of drug-likeness (QED) is 0.468. The molecule has 32 heavy (non-hydrogen) atoms. The highest BCUT2D eigenvalue weighted by molar-refractivity contribution is 6.31. The Bertz CT molecular complexity index is 1380. The van der Waals surface area contributed by atoms with Crippen molar-refractivity contribution in [3.63, 3.8) is 0 Å². The predicted octanol–water partition coefficient (Wildman–Crippen LogP) is 4.97. The fourth-order valence-corrected chi connectivity index (χ4v) is 4.12. The van der Waals surface area contributed by atoms with Crippen LogP contribution < -0.4 is 10.9 Å². The molecular weight excluding hydrogens is 424 g/mol. The summed E-state index contributed by atoms with van der Waals surface area (Å²) in [7, 11) is 0. The van der Waals surface area contributed by atoms with Crippen molar-refractivity contribution >= 4 is 34.2 Å². The Morgan fingerprint density at radius 1 is 1.09 bits per heavy atom. The molecule has 164 valence electrons. The highest BCUT2D eigenvalue weighted by Gasteiger charge is 2.19.